The largest absolute Gasteiger partial charge is 0.342 e. The van der Waals surface area contributed by atoms with Crippen molar-refractivity contribution in [2.24, 2.45) is 0 Å². The Hall–Kier alpha value is -2.51. The van der Waals surface area contributed by atoms with Crippen molar-refractivity contribution >= 4 is 23.2 Å². The number of hydrogen-bond acceptors (Lipinski definition) is 2. The first-order valence-electron chi connectivity index (χ1n) is 12.0. The normalized spacial score (nSPS) is 20.0. The minimum atomic E-state index is -1.87. The van der Waals surface area contributed by atoms with Gasteiger partial charge in [0.25, 0.3) is 0 Å². The number of allylic oxidation sites excluding steroid dienone is 3. The molecule has 0 aromatic heterocycles. The number of rotatable bonds is 7. The van der Waals surface area contributed by atoms with E-state index in [1.54, 1.807) is 0 Å². The molecule has 3 aromatic carbocycles. The van der Waals surface area contributed by atoms with E-state index in [9.17, 15) is 0 Å². The maximum atomic E-state index is 6.14. The molecule has 1 aliphatic rings. The zero-order valence-corrected chi connectivity index (χ0v) is 21.8. The van der Waals surface area contributed by atoms with Crippen LogP contribution in [0.15, 0.2) is 115 Å². The highest BCUT2D eigenvalue weighted by Crippen LogP contribution is 2.55. The van der Waals surface area contributed by atoms with Gasteiger partial charge in [-0.15, -0.1) is 0 Å². The molecule has 1 heterocycles. The Bertz CT molecular complexity index is 1040. The van der Waals surface area contributed by atoms with E-state index in [1.165, 1.54) is 21.5 Å². The van der Waals surface area contributed by atoms with Crippen molar-refractivity contribution in [2.75, 3.05) is 6.16 Å². The smallest absolute Gasteiger partial charge is 0.164 e. The quantitative estimate of drug-likeness (QED) is 0.293. The standard InChI is InChI=1S/C31H36O2P/c1-25(21-22-29-30(2,3)33-31(4,5)32-29)23-24-34(26-15-9-6-10-16-26,27-17-11-7-12-18-27)28-19-13-8-14-20-28/h6-23,29H,24H2,1-5H3/q+1/b22-21+,25-23+/t29-/m1/s1. The summed E-state index contributed by atoms with van der Waals surface area (Å²) in [5.41, 5.74) is 0.881. The van der Waals surface area contributed by atoms with Crippen LogP contribution >= 0.6 is 7.26 Å². The van der Waals surface area contributed by atoms with Crippen LogP contribution in [-0.2, 0) is 9.47 Å². The predicted molar refractivity (Wildman–Crippen MR) is 147 cm³/mol. The fourth-order valence-corrected chi connectivity index (χ4v) is 8.97. The third-order valence-electron chi connectivity index (χ3n) is 6.42. The lowest BCUT2D eigenvalue weighted by Crippen LogP contribution is -2.33. The summed E-state index contributed by atoms with van der Waals surface area (Å²) in [5.74, 6) is -0.565. The molecule has 1 atom stereocenters. The molecule has 0 spiro atoms. The second kappa shape index (κ2) is 10.0. The summed E-state index contributed by atoms with van der Waals surface area (Å²) >= 11 is 0. The lowest BCUT2D eigenvalue weighted by Gasteiger charge is -2.26. The monoisotopic (exact) mass is 471 g/mol. The van der Waals surface area contributed by atoms with Gasteiger partial charge in [-0.2, -0.15) is 0 Å². The van der Waals surface area contributed by atoms with Crippen molar-refractivity contribution in [1.82, 2.24) is 0 Å². The van der Waals surface area contributed by atoms with Gasteiger partial charge in [-0.1, -0.05) is 72.3 Å². The van der Waals surface area contributed by atoms with Gasteiger partial charge in [-0.3, -0.25) is 0 Å². The topological polar surface area (TPSA) is 18.5 Å². The maximum absolute atomic E-state index is 6.14. The summed E-state index contributed by atoms with van der Waals surface area (Å²) in [5, 5.41) is 4.20. The second-order valence-electron chi connectivity index (χ2n) is 9.95. The molecule has 0 saturated carbocycles. The Morgan fingerprint density at radius 1 is 0.765 bits per heavy atom. The SMILES string of the molecule is CC(/C=C/[C@H]1OC(C)(C)OC1(C)C)=C\C[P+](c1ccccc1)(c1ccccc1)c1ccccc1. The van der Waals surface area contributed by atoms with E-state index in [-0.39, 0.29) is 11.7 Å². The molecule has 4 rings (SSSR count). The Morgan fingerprint density at radius 3 is 1.59 bits per heavy atom. The van der Waals surface area contributed by atoms with Crippen molar-refractivity contribution in [3.63, 3.8) is 0 Å². The zero-order chi connectivity index (χ0) is 24.2. The van der Waals surface area contributed by atoms with Crippen molar-refractivity contribution < 1.29 is 9.47 Å². The minimum absolute atomic E-state index is 0.0808. The minimum Gasteiger partial charge on any atom is -0.342 e. The number of hydrogen-bond donors (Lipinski definition) is 0. The summed E-state index contributed by atoms with van der Waals surface area (Å²) < 4.78 is 12.2. The first kappa shape index (κ1) is 24.6. The highest BCUT2D eigenvalue weighted by Gasteiger charge is 2.46. The Labute approximate surface area is 205 Å². The molecule has 1 fully saturated rings. The Kier molecular flexibility index (Phi) is 7.24. The van der Waals surface area contributed by atoms with Gasteiger partial charge in [0.05, 0.1) is 11.8 Å². The number of benzene rings is 3. The van der Waals surface area contributed by atoms with E-state index in [1.807, 2.05) is 13.8 Å². The summed E-state index contributed by atoms with van der Waals surface area (Å²) in [6, 6.07) is 33.0. The summed E-state index contributed by atoms with van der Waals surface area (Å²) in [6.07, 6.45) is 7.60. The Morgan fingerprint density at radius 2 is 1.21 bits per heavy atom. The van der Waals surface area contributed by atoms with Crippen LogP contribution in [0, 0.1) is 0 Å². The van der Waals surface area contributed by atoms with E-state index in [4.69, 9.17) is 9.47 Å². The van der Waals surface area contributed by atoms with Crippen LogP contribution in [-0.4, -0.2) is 23.7 Å². The molecule has 0 unspecified atom stereocenters. The van der Waals surface area contributed by atoms with Crippen LogP contribution in [0.5, 0.6) is 0 Å². The van der Waals surface area contributed by atoms with Gasteiger partial charge in [0, 0.05) is 0 Å². The van der Waals surface area contributed by atoms with Crippen LogP contribution < -0.4 is 15.9 Å². The molecule has 3 aromatic rings. The van der Waals surface area contributed by atoms with Gasteiger partial charge in [0.2, 0.25) is 0 Å². The van der Waals surface area contributed by atoms with E-state index in [0.29, 0.717) is 0 Å². The Balaban J connectivity index is 1.73. The fraction of sp³-hybridized carbons (Fsp3) is 0.290. The molecular formula is C31H36O2P+. The molecule has 1 aliphatic heterocycles. The first-order chi connectivity index (χ1) is 16.2. The molecular weight excluding hydrogens is 435 g/mol. The van der Waals surface area contributed by atoms with Gasteiger partial charge in [0.15, 0.2) is 5.79 Å². The third-order valence-corrected chi connectivity index (χ3v) is 10.7. The summed E-state index contributed by atoms with van der Waals surface area (Å²) in [6.45, 7) is 10.3. The molecule has 0 N–H and O–H groups in total. The third kappa shape index (κ3) is 5.26. The fourth-order valence-electron chi connectivity index (χ4n) is 4.83. The lowest BCUT2D eigenvalue weighted by atomic mass is 10.0. The molecule has 34 heavy (non-hydrogen) atoms. The molecule has 2 nitrogen and oxygen atoms in total. The lowest BCUT2D eigenvalue weighted by molar-refractivity contribution is -0.155. The zero-order valence-electron chi connectivity index (χ0n) is 20.9. The van der Waals surface area contributed by atoms with E-state index >= 15 is 0 Å². The molecule has 0 aliphatic carbocycles. The van der Waals surface area contributed by atoms with Gasteiger partial charge >= 0.3 is 0 Å². The average Bonchev–Trinajstić information content (AvgIpc) is 3.06. The average molecular weight is 472 g/mol. The van der Waals surface area contributed by atoms with Gasteiger partial charge in [-0.25, -0.2) is 0 Å². The predicted octanol–water partition coefficient (Wildman–Crippen LogP) is 6.41. The summed E-state index contributed by atoms with van der Waals surface area (Å²) in [7, 11) is -1.87. The van der Waals surface area contributed by atoms with Crippen LogP contribution in [0.25, 0.3) is 0 Å². The second-order valence-corrected chi connectivity index (χ2v) is 13.5. The molecule has 1 saturated heterocycles. The molecule has 3 heteroatoms. The van der Waals surface area contributed by atoms with Crippen molar-refractivity contribution in [2.45, 2.75) is 52.1 Å². The van der Waals surface area contributed by atoms with Gasteiger partial charge in [-0.05, 0) is 77.1 Å². The van der Waals surface area contributed by atoms with Crippen molar-refractivity contribution in [3.05, 3.63) is 115 Å². The highest BCUT2D eigenvalue weighted by molar-refractivity contribution is 7.95. The van der Waals surface area contributed by atoms with E-state index in [0.717, 1.165) is 6.16 Å². The van der Waals surface area contributed by atoms with E-state index < -0.39 is 13.0 Å². The van der Waals surface area contributed by atoms with Gasteiger partial charge < -0.3 is 9.47 Å². The molecule has 0 radical (unpaired) electrons. The van der Waals surface area contributed by atoms with Crippen LogP contribution in [0.1, 0.15) is 34.6 Å². The van der Waals surface area contributed by atoms with Crippen LogP contribution in [0.3, 0.4) is 0 Å². The van der Waals surface area contributed by atoms with Crippen LogP contribution in [0.2, 0.25) is 0 Å². The van der Waals surface area contributed by atoms with Crippen LogP contribution in [0.4, 0.5) is 0 Å². The highest BCUT2D eigenvalue weighted by atomic mass is 31.2. The van der Waals surface area contributed by atoms with E-state index in [2.05, 4.69) is 130 Å². The van der Waals surface area contributed by atoms with Crippen molar-refractivity contribution in [3.8, 4) is 0 Å². The molecule has 0 amide bonds. The first-order valence-corrected chi connectivity index (χ1v) is 14.0. The molecule has 0 bridgehead atoms. The summed E-state index contributed by atoms with van der Waals surface area (Å²) in [4.78, 5) is 0. The molecule has 176 valence electrons. The van der Waals surface area contributed by atoms with Crippen molar-refractivity contribution in [1.29, 1.82) is 0 Å². The van der Waals surface area contributed by atoms with Gasteiger partial charge in [0.1, 0.15) is 29.3 Å². The maximum Gasteiger partial charge on any atom is 0.164 e. The number of ether oxygens (including phenoxy) is 2.